The molecule has 0 N–H and O–H groups in total. The maximum atomic E-state index is 12.8. The largest absolute Gasteiger partial charge is 0.355 e. The Morgan fingerprint density at radius 2 is 1.76 bits per heavy atom. The van der Waals surface area contributed by atoms with Crippen molar-refractivity contribution in [2.45, 2.75) is 52.9 Å². The molecule has 0 radical (unpaired) electrons. The second-order valence-corrected chi connectivity index (χ2v) is 10.7. The van der Waals surface area contributed by atoms with Crippen LogP contribution >= 0.6 is 0 Å². The van der Waals surface area contributed by atoms with Crippen LogP contribution in [0.5, 0.6) is 0 Å². The third kappa shape index (κ3) is 5.04. The number of sulfonamides is 1. The van der Waals surface area contributed by atoms with Crippen LogP contribution < -0.4 is 4.90 Å². The van der Waals surface area contributed by atoms with Gasteiger partial charge in [-0.2, -0.15) is 5.10 Å². The zero-order chi connectivity index (χ0) is 23.4. The van der Waals surface area contributed by atoms with Crippen LogP contribution in [0.15, 0.2) is 30.3 Å². The third-order valence-corrected chi connectivity index (χ3v) is 8.06. The Hall–Kier alpha value is -2.52. The molecule has 178 valence electrons. The summed E-state index contributed by atoms with van der Waals surface area (Å²) in [5.41, 5.74) is 2.65. The van der Waals surface area contributed by atoms with E-state index in [1.165, 1.54) is 0 Å². The molecule has 33 heavy (non-hydrogen) atoms. The predicted molar refractivity (Wildman–Crippen MR) is 132 cm³/mol. The molecule has 0 amide bonds. The van der Waals surface area contributed by atoms with E-state index in [-0.39, 0.29) is 5.75 Å². The Kier molecular flexibility index (Phi) is 7.29. The topological polar surface area (TPSA) is 84.2 Å². The van der Waals surface area contributed by atoms with Crippen LogP contribution in [0.3, 0.4) is 0 Å². The van der Waals surface area contributed by atoms with Crippen molar-refractivity contribution < 1.29 is 8.42 Å². The molecule has 1 aliphatic heterocycles. The number of benzene rings is 1. The molecule has 9 heteroatoms. The maximum Gasteiger partial charge on any atom is 0.214 e. The van der Waals surface area contributed by atoms with Crippen molar-refractivity contribution in [3.05, 3.63) is 41.9 Å². The van der Waals surface area contributed by atoms with E-state index in [1.54, 1.807) is 4.31 Å². The van der Waals surface area contributed by atoms with Gasteiger partial charge in [-0.3, -0.25) is 0 Å². The number of aromatic nitrogens is 4. The highest BCUT2D eigenvalue weighted by atomic mass is 32.2. The lowest BCUT2D eigenvalue weighted by atomic mass is 10.2. The van der Waals surface area contributed by atoms with Crippen LogP contribution in [0.4, 0.5) is 5.82 Å². The molecule has 3 heterocycles. The first-order chi connectivity index (χ1) is 15.9. The zero-order valence-corrected chi connectivity index (χ0v) is 20.7. The average Bonchev–Trinajstić information content (AvgIpc) is 2.98. The third-order valence-electron chi connectivity index (χ3n) is 6.11. The van der Waals surface area contributed by atoms with Crippen LogP contribution in [-0.2, 0) is 16.4 Å². The van der Waals surface area contributed by atoms with E-state index in [2.05, 4.69) is 11.8 Å². The van der Waals surface area contributed by atoms with Gasteiger partial charge in [-0.15, -0.1) is 0 Å². The van der Waals surface area contributed by atoms with Crippen LogP contribution in [0.25, 0.3) is 16.7 Å². The van der Waals surface area contributed by atoms with Crippen molar-refractivity contribution in [2.75, 3.05) is 36.8 Å². The second kappa shape index (κ2) is 10.2. The lowest BCUT2D eigenvalue weighted by molar-refractivity contribution is 0.432. The van der Waals surface area contributed by atoms with Crippen molar-refractivity contribution in [1.82, 2.24) is 24.1 Å². The van der Waals surface area contributed by atoms with Gasteiger partial charge in [0, 0.05) is 32.6 Å². The molecule has 1 aliphatic rings. The van der Waals surface area contributed by atoms with Gasteiger partial charge < -0.3 is 4.90 Å². The van der Waals surface area contributed by atoms with Crippen LogP contribution in [-0.4, -0.2) is 64.4 Å². The molecule has 2 aromatic heterocycles. The molecule has 4 rings (SSSR count). The predicted octanol–water partition coefficient (Wildman–Crippen LogP) is 3.72. The lowest BCUT2D eigenvalue weighted by Gasteiger charge is -2.24. The summed E-state index contributed by atoms with van der Waals surface area (Å²) in [4.78, 5) is 12.1. The minimum atomic E-state index is -3.22. The lowest BCUT2D eigenvalue weighted by Crippen LogP contribution is -2.36. The molecule has 0 aliphatic carbocycles. The number of fused-ring (bicyclic) bond motifs is 1. The van der Waals surface area contributed by atoms with Crippen molar-refractivity contribution in [1.29, 1.82) is 0 Å². The Labute approximate surface area is 196 Å². The Morgan fingerprint density at radius 3 is 2.48 bits per heavy atom. The van der Waals surface area contributed by atoms with Crippen LogP contribution in [0.1, 0.15) is 51.0 Å². The standard InChI is InChI=1S/C24H34N6O2S/c1-4-6-18-33(31,32)29-15-10-14-28(16-17-29)23-22-19(3)27-30(20-12-8-7-9-13-20)24(22)26-21(25-23)11-5-2/h7-9,12-13H,4-6,10-11,14-18H2,1-3H3. The molecular weight excluding hydrogens is 436 g/mol. The van der Waals surface area contributed by atoms with Gasteiger partial charge in [0.15, 0.2) is 5.65 Å². The summed E-state index contributed by atoms with van der Waals surface area (Å²) < 4.78 is 29.1. The molecule has 1 saturated heterocycles. The summed E-state index contributed by atoms with van der Waals surface area (Å²) in [5.74, 6) is 1.90. The fourth-order valence-electron chi connectivity index (χ4n) is 4.36. The van der Waals surface area contributed by atoms with Crippen LogP contribution in [0.2, 0.25) is 0 Å². The Balaban J connectivity index is 1.72. The fraction of sp³-hybridized carbons (Fsp3) is 0.542. The number of aryl methyl sites for hydroxylation is 2. The molecule has 3 aromatic rings. The number of hydrogen-bond acceptors (Lipinski definition) is 6. The molecule has 0 unspecified atom stereocenters. The molecule has 0 bridgehead atoms. The van der Waals surface area contributed by atoms with Gasteiger partial charge in [0.1, 0.15) is 11.6 Å². The molecule has 1 fully saturated rings. The number of nitrogens with zero attached hydrogens (tertiary/aromatic N) is 6. The van der Waals surface area contributed by atoms with E-state index in [4.69, 9.17) is 15.1 Å². The van der Waals surface area contributed by atoms with Gasteiger partial charge in [-0.25, -0.2) is 27.4 Å². The highest BCUT2D eigenvalue weighted by molar-refractivity contribution is 7.89. The SMILES string of the molecule is CCCCS(=O)(=O)N1CCCN(c2nc(CCC)nc3c2c(C)nn3-c2ccccc2)CC1. The summed E-state index contributed by atoms with van der Waals surface area (Å²) in [6.07, 6.45) is 4.09. The molecule has 1 aromatic carbocycles. The quantitative estimate of drug-likeness (QED) is 0.499. The zero-order valence-electron chi connectivity index (χ0n) is 19.9. The fourth-order valence-corrected chi connectivity index (χ4v) is 6.04. The van der Waals surface area contributed by atoms with Gasteiger partial charge in [0.05, 0.1) is 22.5 Å². The van der Waals surface area contributed by atoms with E-state index in [1.807, 2.05) is 48.9 Å². The first-order valence-electron chi connectivity index (χ1n) is 12.0. The highest BCUT2D eigenvalue weighted by Gasteiger charge is 2.27. The first-order valence-corrected chi connectivity index (χ1v) is 13.6. The normalized spacial score (nSPS) is 15.8. The van der Waals surface area contributed by atoms with Gasteiger partial charge in [0.2, 0.25) is 10.0 Å². The number of anilines is 1. The minimum Gasteiger partial charge on any atom is -0.355 e. The second-order valence-electron chi connectivity index (χ2n) is 8.65. The maximum absolute atomic E-state index is 12.8. The van der Waals surface area contributed by atoms with Gasteiger partial charge >= 0.3 is 0 Å². The van der Waals surface area contributed by atoms with E-state index in [0.717, 1.165) is 66.3 Å². The van der Waals surface area contributed by atoms with E-state index in [9.17, 15) is 8.42 Å². The smallest absolute Gasteiger partial charge is 0.214 e. The summed E-state index contributed by atoms with van der Waals surface area (Å²) >= 11 is 0. The molecule has 0 spiro atoms. The summed E-state index contributed by atoms with van der Waals surface area (Å²) in [5, 5.41) is 5.75. The monoisotopic (exact) mass is 470 g/mol. The average molecular weight is 471 g/mol. The van der Waals surface area contributed by atoms with Crippen LogP contribution in [0, 0.1) is 6.92 Å². The Morgan fingerprint density at radius 1 is 0.970 bits per heavy atom. The van der Waals surface area contributed by atoms with E-state index >= 15 is 0 Å². The van der Waals surface area contributed by atoms with Crippen molar-refractivity contribution in [3.63, 3.8) is 0 Å². The molecule has 0 saturated carbocycles. The number of hydrogen-bond donors (Lipinski definition) is 0. The highest BCUT2D eigenvalue weighted by Crippen LogP contribution is 2.30. The van der Waals surface area contributed by atoms with E-state index in [0.29, 0.717) is 26.1 Å². The summed E-state index contributed by atoms with van der Waals surface area (Å²) in [6, 6.07) is 10.0. The number of unbranched alkanes of at least 4 members (excludes halogenated alkanes) is 1. The van der Waals surface area contributed by atoms with Gasteiger partial charge in [-0.05, 0) is 38.3 Å². The van der Waals surface area contributed by atoms with E-state index < -0.39 is 10.0 Å². The minimum absolute atomic E-state index is 0.227. The van der Waals surface area contributed by atoms with Gasteiger partial charge in [-0.1, -0.05) is 38.5 Å². The van der Waals surface area contributed by atoms with Crippen molar-refractivity contribution in [2.24, 2.45) is 0 Å². The summed E-state index contributed by atoms with van der Waals surface area (Å²) in [7, 11) is -3.22. The van der Waals surface area contributed by atoms with Gasteiger partial charge in [0.25, 0.3) is 0 Å². The molecule has 8 nitrogen and oxygen atoms in total. The number of rotatable bonds is 8. The Bertz CT molecular complexity index is 1190. The molecule has 0 atom stereocenters. The molecular formula is C24H34N6O2S. The summed E-state index contributed by atoms with van der Waals surface area (Å²) in [6.45, 7) is 8.54. The first kappa shape index (κ1) is 23.6. The van der Waals surface area contributed by atoms with Crippen molar-refractivity contribution >= 4 is 26.9 Å². The number of para-hydroxylation sites is 1. The van der Waals surface area contributed by atoms with Crippen molar-refractivity contribution in [3.8, 4) is 5.69 Å².